The maximum absolute atomic E-state index is 7.44. The molecule has 0 heterocycles. The van der Waals surface area contributed by atoms with E-state index >= 15 is 0 Å². The van der Waals surface area contributed by atoms with Crippen LogP contribution in [0, 0.1) is 16.7 Å². The molecule has 2 nitrogen and oxygen atoms in total. The molecule has 0 spiro atoms. The molecule has 1 fully saturated rings. The summed E-state index contributed by atoms with van der Waals surface area (Å²) in [6, 6.07) is 0. The highest BCUT2D eigenvalue weighted by Crippen LogP contribution is 2.52. The van der Waals surface area contributed by atoms with Crippen molar-refractivity contribution in [2.24, 2.45) is 11.3 Å². The Balaban J connectivity index is 2.33. The predicted octanol–water partition coefficient (Wildman–Crippen LogP) is 2.05. The molecule has 1 aliphatic rings. The van der Waals surface area contributed by atoms with Crippen LogP contribution in [0.5, 0.6) is 0 Å². The van der Waals surface area contributed by atoms with Gasteiger partial charge in [-0.2, -0.15) is 0 Å². The van der Waals surface area contributed by atoms with Crippen LogP contribution in [0.2, 0.25) is 0 Å². The van der Waals surface area contributed by atoms with E-state index in [0.29, 0.717) is 23.8 Å². The van der Waals surface area contributed by atoms with E-state index in [1.165, 1.54) is 0 Å². The van der Waals surface area contributed by atoms with Crippen molar-refractivity contribution in [1.82, 2.24) is 0 Å². The van der Waals surface area contributed by atoms with Crippen LogP contribution >= 0.6 is 0 Å². The molecule has 0 aliphatic heterocycles. The Morgan fingerprint density at radius 2 is 2.20 bits per heavy atom. The monoisotopic (exact) mass is 141 g/mol. The molecule has 0 radical (unpaired) electrons. The Hall–Kier alpha value is -0.530. The maximum Gasteiger partial charge on any atom is 0.184 e. The number of hydrogen-bond acceptors (Lipinski definition) is 2. The molecule has 0 bridgehead atoms. The molecule has 1 aliphatic carbocycles. The van der Waals surface area contributed by atoms with E-state index in [4.69, 9.17) is 10.1 Å². The van der Waals surface area contributed by atoms with Gasteiger partial charge in [-0.3, -0.25) is 5.41 Å². The predicted molar refractivity (Wildman–Crippen MR) is 41.2 cm³/mol. The zero-order chi connectivity index (χ0) is 7.78. The normalized spacial score (nSPS) is 27.7. The van der Waals surface area contributed by atoms with Gasteiger partial charge in [0.2, 0.25) is 0 Å². The molecular formula is C8H15NO. The standard InChI is InChI=1S/C8H15NO/c1-4-10-7(9)6-5-8(6,2)3/h6,9H,4-5H2,1-3H3. The zero-order valence-corrected chi connectivity index (χ0v) is 6.90. The van der Waals surface area contributed by atoms with Crippen LogP contribution in [0.1, 0.15) is 27.2 Å². The van der Waals surface area contributed by atoms with Crippen molar-refractivity contribution < 1.29 is 4.74 Å². The Bertz CT molecular complexity index is 151. The first-order valence-electron chi connectivity index (χ1n) is 3.79. The van der Waals surface area contributed by atoms with Crippen molar-refractivity contribution in [2.75, 3.05) is 6.61 Å². The summed E-state index contributed by atoms with van der Waals surface area (Å²) >= 11 is 0. The minimum Gasteiger partial charge on any atom is -0.481 e. The van der Waals surface area contributed by atoms with E-state index in [0.717, 1.165) is 6.42 Å². The van der Waals surface area contributed by atoms with Gasteiger partial charge in [0.25, 0.3) is 0 Å². The minimum atomic E-state index is 0.340. The molecule has 0 aromatic heterocycles. The lowest BCUT2D eigenvalue weighted by molar-refractivity contribution is 0.305. The summed E-state index contributed by atoms with van der Waals surface area (Å²) in [6.07, 6.45) is 1.12. The van der Waals surface area contributed by atoms with Gasteiger partial charge in [-0.25, -0.2) is 0 Å². The second-order valence-corrected chi connectivity index (χ2v) is 3.54. The highest BCUT2D eigenvalue weighted by molar-refractivity contribution is 5.79. The summed E-state index contributed by atoms with van der Waals surface area (Å²) in [6.45, 7) is 6.89. The van der Waals surface area contributed by atoms with Crippen molar-refractivity contribution in [3.05, 3.63) is 0 Å². The average Bonchev–Trinajstić information content (AvgIpc) is 2.41. The molecule has 1 saturated carbocycles. The van der Waals surface area contributed by atoms with Crippen molar-refractivity contribution in [3.63, 3.8) is 0 Å². The smallest absolute Gasteiger partial charge is 0.184 e. The van der Waals surface area contributed by atoms with Gasteiger partial charge < -0.3 is 4.74 Å². The Kier molecular flexibility index (Phi) is 1.71. The fourth-order valence-electron chi connectivity index (χ4n) is 1.17. The van der Waals surface area contributed by atoms with Crippen LogP contribution in [0.25, 0.3) is 0 Å². The van der Waals surface area contributed by atoms with Gasteiger partial charge in [0, 0.05) is 5.92 Å². The van der Waals surface area contributed by atoms with E-state index in [9.17, 15) is 0 Å². The minimum absolute atomic E-state index is 0.340. The first kappa shape index (κ1) is 7.58. The molecular weight excluding hydrogens is 126 g/mol. The molecule has 0 saturated heterocycles. The van der Waals surface area contributed by atoms with E-state index in [-0.39, 0.29) is 0 Å². The second kappa shape index (κ2) is 2.26. The summed E-state index contributed by atoms with van der Waals surface area (Å²) in [5, 5.41) is 7.44. The fraction of sp³-hybridized carbons (Fsp3) is 0.875. The quantitative estimate of drug-likeness (QED) is 0.463. The van der Waals surface area contributed by atoms with Crippen molar-refractivity contribution >= 4 is 5.90 Å². The molecule has 58 valence electrons. The number of hydrogen-bond donors (Lipinski definition) is 1. The lowest BCUT2D eigenvalue weighted by Gasteiger charge is -2.05. The second-order valence-electron chi connectivity index (χ2n) is 3.54. The first-order chi connectivity index (χ1) is 4.58. The van der Waals surface area contributed by atoms with E-state index in [1.807, 2.05) is 6.92 Å². The van der Waals surface area contributed by atoms with Crippen LogP contribution in [-0.2, 0) is 4.74 Å². The van der Waals surface area contributed by atoms with Crippen LogP contribution < -0.4 is 0 Å². The molecule has 1 N–H and O–H groups in total. The molecule has 10 heavy (non-hydrogen) atoms. The van der Waals surface area contributed by atoms with Crippen molar-refractivity contribution in [3.8, 4) is 0 Å². The van der Waals surface area contributed by atoms with Crippen molar-refractivity contribution in [2.45, 2.75) is 27.2 Å². The van der Waals surface area contributed by atoms with Gasteiger partial charge in [0.05, 0.1) is 6.61 Å². The van der Waals surface area contributed by atoms with Gasteiger partial charge in [0.1, 0.15) is 0 Å². The Morgan fingerprint density at radius 1 is 1.70 bits per heavy atom. The number of ether oxygens (including phenoxy) is 1. The van der Waals surface area contributed by atoms with Crippen LogP contribution in [0.15, 0.2) is 0 Å². The summed E-state index contributed by atoms with van der Waals surface area (Å²) in [5.41, 5.74) is 0.340. The van der Waals surface area contributed by atoms with Crippen LogP contribution in [0.3, 0.4) is 0 Å². The largest absolute Gasteiger partial charge is 0.481 e. The maximum atomic E-state index is 7.44. The van der Waals surface area contributed by atoms with Gasteiger partial charge in [-0.05, 0) is 18.8 Å². The fourth-order valence-corrected chi connectivity index (χ4v) is 1.17. The van der Waals surface area contributed by atoms with Gasteiger partial charge in [-0.1, -0.05) is 13.8 Å². The number of nitrogens with one attached hydrogen (secondary N) is 1. The highest BCUT2D eigenvalue weighted by Gasteiger charge is 2.49. The average molecular weight is 141 g/mol. The summed E-state index contributed by atoms with van der Waals surface area (Å²) < 4.78 is 5.08. The van der Waals surface area contributed by atoms with Gasteiger partial charge in [0.15, 0.2) is 5.90 Å². The third kappa shape index (κ3) is 1.31. The van der Waals surface area contributed by atoms with E-state index in [1.54, 1.807) is 0 Å². The molecule has 0 aromatic carbocycles. The molecule has 1 rings (SSSR count). The molecule has 0 amide bonds. The molecule has 2 heteroatoms. The lowest BCUT2D eigenvalue weighted by Crippen LogP contribution is -2.08. The first-order valence-corrected chi connectivity index (χ1v) is 3.79. The SMILES string of the molecule is CCOC(=N)C1CC1(C)C. The van der Waals surface area contributed by atoms with E-state index in [2.05, 4.69) is 13.8 Å². The molecule has 1 unspecified atom stereocenters. The third-order valence-corrected chi connectivity index (χ3v) is 2.13. The Morgan fingerprint density at radius 3 is 2.50 bits per heavy atom. The molecule has 0 aromatic rings. The summed E-state index contributed by atoms with van der Waals surface area (Å²) in [5.74, 6) is 0.875. The topological polar surface area (TPSA) is 33.1 Å². The summed E-state index contributed by atoms with van der Waals surface area (Å²) in [4.78, 5) is 0. The van der Waals surface area contributed by atoms with Gasteiger partial charge in [-0.15, -0.1) is 0 Å². The van der Waals surface area contributed by atoms with Crippen LogP contribution in [-0.4, -0.2) is 12.5 Å². The number of rotatable bonds is 2. The van der Waals surface area contributed by atoms with Crippen molar-refractivity contribution in [1.29, 1.82) is 5.41 Å². The highest BCUT2D eigenvalue weighted by atomic mass is 16.5. The zero-order valence-electron chi connectivity index (χ0n) is 6.90. The van der Waals surface area contributed by atoms with Crippen LogP contribution in [0.4, 0.5) is 0 Å². The lowest BCUT2D eigenvalue weighted by atomic mass is 10.1. The van der Waals surface area contributed by atoms with Gasteiger partial charge >= 0.3 is 0 Å². The van der Waals surface area contributed by atoms with E-state index < -0.39 is 0 Å². The Labute approximate surface area is 62.1 Å². The molecule has 1 atom stereocenters. The third-order valence-electron chi connectivity index (χ3n) is 2.13. The summed E-state index contributed by atoms with van der Waals surface area (Å²) in [7, 11) is 0.